The third-order valence-electron chi connectivity index (χ3n) is 1.80. The van der Waals surface area contributed by atoms with Crippen molar-refractivity contribution >= 4 is 27.3 Å². The van der Waals surface area contributed by atoms with Crippen LogP contribution in [0.2, 0.25) is 0 Å². The van der Waals surface area contributed by atoms with Gasteiger partial charge in [-0.1, -0.05) is 39.4 Å². The van der Waals surface area contributed by atoms with Crippen LogP contribution in [0, 0.1) is 0 Å². The van der Waals surface area contributed by atoms with E-state index < -0.39 is 0 Å². The predicted octanol–water partition coefficient (Wildman–Crippen LogP) is 3.58. The van der Waals surface area contributed by atoms with Gasteiger partial charge >= 0.3 is 0 Å². The van der Waals surface area contributed by atoms with E-state index in [2.05, 4.69) is 20.9 Å². The Bertz CT molecular complexity index is 424. The van der Waals surface area contributed by atoms with E-state index in [1.807, 2.05) is 29.6 Å². The maximum atomic E-state index is 5.04. The molecule has 72 valence electrons. The van der Waals surface area contributed by atoms with E-state index in [1.165, 1.54) is 11.3 Å². The number of methoxy groups -OCH3 is 1. The van der Waals surface area contributed by atoms with Gasteiger partial charge in [-0.25, -0.2) is 4.98 Å². The Balaban J connectivity index is 2.34. The first-order valence-electron chi connectivity index (χ1n) is 4.05. The molecule has 0 saturated carbocycles. The van der Waals surface area contributed by atoms with Gasteiger partial charge in [0.25, 0.3) is 5.19 Å². The minimum Gasteiger partial charge on any atom is -0.473 e. The lowest BCUT2D eigenvalue weighted by Crippen LogP contribution is -1.81. The molecule has 0 aliphatic carbocycles. The second-order valence-electron chi connectivity index (χ2n) is 2.71. The molecule has 14 heavy (non-hydrogen) atoms. The van der Waals surface area contributed by atoms with Crippen molar-refractivity contribution in [2.75, 3.05) is 7.11 Å². The molecule has 0 N–H and O–H groups in total. The second kappa shape index (κ2) is 4.11. The summed E-state index contributed by atoms with van der Waals surface area (Å²) in [6.07, 6.45) is 0. The van der Waals surface area contributed by atoms with Crippen LogP contribution in [0.3, 0.4) is 0 Å². The number of hydrogen-bond donors (Lipinski definition) is 0. The Kier molecular flexibility index (Phi) is 2.84. The maximum Gasteiger partial charge on any atom is 0.273 e. The molecular weight excluding hydrogens is 262 g/mol. The zero-order valence-corrected chi connectivity index (χ0v) is 9.93. The summed E-state index contributed by atoms with van der Waals surface area (Å²) >= 11 is 4.90. The minimum atomic E-state index is 0.697. The predicted molar refractivity (Wildman–Crippen MR) is 61.8 cm³/mol. The van der Waals surface area contributed by atoms with Gasteiger partial charge in [-0.2, -0.15) is 0 Å². The summed E-state index contributed by atoms with van der Waals surface area (Å²) in [6.45, 7) is 0. The zero-order valence-electron chi connectivity index (χ0n) is 7.53. The van der Waals surface area contributed by atoms with Crippen molar-refractivity contribution in [3.05, 3.63) is 34.1 Å². The molecule has 0 spiro atoms. The highest BCUT2D eigenvalue weighted by Crippen LogP contribution is 2.26. The fraction of sp³-hybridized carbons (Fsp3) is 0.100. The van der Waals surface area contributed by atoms with Crippen molar-refractivity contribution in [3.63, 3.8) is 0 Å². The van der Waals surface area contributed by atoms with Crippen LogP contribution < -0.4 is 4.74 Å². The number of nitrogens with zero attached hydrogens (tertiary/aromatic N) is 1. The van der Waals surface area contributed by atoms with Crippen LogP contribution in [0.4, 0.5) is 0 Å². The summed E-state index contributed by atoms with van der Waals surface area (Å²) in [6, 6.07) is 8.06. The zero-order chi connectivity index (χ0) is 9.97. The molecule has 1 heterocycles. The quantitative estimate of drug-likeness (QED) is 0.832. The number of thiazole rings is 1. The number of ether oxygens (including phenoxy) is 1. The lowest BCUT2D eigenvalue weighted by molar-refractivity contribution is 0.412. The third kappa shape index (κ3) is 1.96. The molecule has 2 aromatic rings. The van der Waals surface area contributed by atoms with Gasteiger partial charge in [0.2, 0.25) is 0 Å². The number of hydrogen-bond acceptors (Lipinski definition) is 3. The highest BCUT2D eigenvalue weighted by molar-refractivity contribution is 9.10. The monoisotopic (exact) mass is 269 g/mol. The number of benzene rings is 1. The summed E-state index contributed by atoms with van der Waals surface area (Å²) in [5.74, 6) is 0. The molecule has 2 rings (SSSR count). The van der Waals surface area contributed by atoms with Crippen LogP contribution in [0.15, 0.2) is 34.1 Å². The van der Waals surface area contributed by atoms with Crippen LogP contribution in [-0.2, 0) is 0 Å². The van der Waals surface area contributed by atoms with Crippen molar-refractivity contribution in [3.8, 4) is 16.5 Å². The molecule has 0 aliphatic rings. The van der Waals surface area contributed by atoms with Crippen molar-refractivity contribution in [2.24, 2.45) is 0 Å². The minimum absolute atomic E-state index is 0.697. The SMILES string of the molecule is COc1nc(-c2ccc(Br)cc2)cs1. The fourth-order valence-corrected chi connectivity index (χ4v) is 2.02. The van der Waals surface area contributed by atoms with Gasteiger partial charge in [0.05, 0.1) is 12.8 Å². The van der Waals surface area contributed by atoms with Crippen LogP contribution in [0.5, 0.6) is 5.19 Å². The molecule has 0 saturated heterocycles. The molecule has 0 bridgehead atoms. The standard InChI is InChI=1S/C10H8BrNOS/c1-13-10-12-9(6-14-10)7-2-4-8(11)5-3-7/h2-6H,1H3. The van der Waals surface area contributed by atoms with Gasteiger partial charge in [-0.3, -0.25) is 0 Å². The third-order valence-corrected chi connectivity index (χ3v) is 3.13. The largest absolute Gasteiger partial charge is 0.473 e. The Hall–Kier alpha value is -0.870. The summed E-state index contributed by atoms with van der Waals surface area (Å²) in [5, 5.41) is 2.69. The van der Waals surface area contributed by atoms with Crippen LogP contribution in [0.1, 0.15) is 0 Å². The van der Waals surface area contributed by atoms with Crippen LogP contribution in [-0.4, -0.2) is 12.1 Å². The Morgan fingerprint density at radius 2 is 2.00 bits per heavy atom. The molecule has 0 amide bonds. The molecule has 1 aromatic carbocycles. The van der Waals surface area contributed by atoms with Gasteiger partial charge in [0, 0.05) is 15.4 Å². The van der Waals surface area contributed by atoms with Crippen LogP contribution >= 0.6 is 27.3 Å². The topological polar surface area (TPSA) is 22.1 Å². The Morgan fingerprint density at radius 3 is 2.57 bits per heavy atom. The maximum absolute atomic E-state index is 5.04. The molecule has 0 radical (unpaired) electrons. The number of halogens is 1. The van der Waals surface area contributed by atoms with Crippen molar-refractivity contribution in [2.45, 2.75) is 0 Å². The van der Waals surface area contributed by atoms with Gasteiger partial charge in [-0.05, 0) is 12.1 Å². The van der Waals surface area contributed by atoms with Gasteiger partial charge in [-0.15, -0.1) is 0 Å². The molecule has 4 heteroatoms. The summed E-state index contributed by atoms with van der Waals surface area (Å²) in [5.41, 5.74) is 2.06. The summed E-state index contributed by atoms with van der Waals surface area (Å²) in [4.78, 5) is 4.31. The molecular formula is C10H8BrNOS. The Labute approximate surface area is 94.7 Å². The molecule has 1 aromatic heterocycles. The number of rotatable bonds is 2. The molecule has 2 nitrogen and oxygen atoms in total. The van der Waals surface area contributed by atoms with E-state index in [-0.39, 0.29) is 0 Å². The van der Waals surface area contributed by atoms with Crippen molar-refractivity contribution in [1.29, 1.82) is 0 Å². The highest BCUT2D eigenvalue weighted by atomic mass is 79.9. The molecule has 0 atom stereocenters. The molecule has 0 unspecified atom stereocenters. The van der Waals surface area contributed by atoms with E-state index in [4.69, 9.17) is 4.74 Å². The average molecular weight is 270 g/mol. The van der Waals surface area contributed by atoms with Gasteiger partial charge < -0.3 is 4.74 Å². The molecule has 0 aliphatic heterocycles. The van der Waals surface area contributed by atoms with E-state index in [9.17, 15) is 0 Å². The number of aromatic nitrogens is 1. The first-order chi connectivity index (χ1) is 6.79. The van der Waals surface area contributed by atoms with Crippen LogP contribution in [0.25, 0.3) is 11.3 Å². The van der Waals surface area contributed by atoms with Crippen molar-refractivity contribution in [1.82, 2.24) is 4.98 Å². The summed E-state index contributed by atoms with van der Waals surface area (Å²) in [7, 11) is 1.63. The highest BCUT2D eigenvalue weighted by Gasteiger charge is 2.03. The second-order valence-corrected chi connectivity index (χ2v) is 4.45. The van der Waals surface area contributed by atoms with Gasteiger partial charge in [0.15, 0.2) is 0 Å². The first-order valence-corrected chi connectivity index (χ1v) is 5.72. The molecule has 0 fully saturated rings. The van der Waals surface area contributed by atoms with E-state index in [1.54, 1.807) is 7.11 Å². The summed E-state index contributed by atoms with van der Waals surface area (Å²) < 4.78 is 6.11. The van der Waals surface area contributed by atoms with E-state index >= 15 is 0 Å². The average Bonchev–Trinajstić information content (AvgIpc) is 2.67. The van der Waals surface area contributed by atoms with E-state index in [0.29, 0.717) is 5.19 Å². The first kappa shape index (κ1) is 9.68. The van der Waals surface area contributed by atoms with E-state index in [0.717, 1.165) is 15.7 Å². The Morgan fingerprint density at radius 1 is 1.29 bits per heavy atom. The normalized spacial score (nSPS) is 10.1. The fourth-order valence-electron chi connectivity index (χ4n) is 1.10. The lowest BCUT2D eigenvalue weighted by Gasteiger charge is -1.95. The van der Waals surface area contributed by atoms with Crippen molar-refractivity contribution < 1.29 is 4.74 Å². The van der Waals surface area contributed by atoms with Gasteiger partial charge in [0.1, 0.15) is 0 Å². The smallest absolute Gasteiger partial charge is 0.273 e. The lowest BCUT2D eigenvalue weighted by atomic mass is 10.2.